The minimum Gasteiger partial charge on any atom is -0.489 e. The number of benzene rings is 2. The van der Waals surface area contributed by atoms with E-state index in [9.17, 15) is 0 Å². The average molecular weight is 539 g/mol. The van der Waals surface area contributed by atoms with Crippen LogP contribution in [0.1, 0.15) is 37.8 Å². The number of anilines is 4. The number of fused-ring (bicyclic) bond motifs is 2. The van der Waals surface area contributed by atoms with Crippen molar-refractivity contribution in [2.75, 3.05) is 41.9 Å². The normalized spacial score (nSPS) is 14.7. The lowest BCUT2D eigenvalue weighted by Crippen LogP contribution is -2.30. The Labute approximate surface area is 236 Å². The van der Waals surface area contributed by atoms with Gasteiger partial charge in [-0.25, -0.2) is 15.0 Å². The minimum absolute atomic E-state index is 0.414. The molecule has 8 heteroatoms. The number of nitrogens with zero attached hydrogens (tertiary/aromatic N) is 5. The van der Waals surface area contributed by atoms with Crippen LogP contribution in [0, 0.1) is 19.8 Å². The third-order valence-electron chi connectivity index (χ3n) is 7.18. The standard InChI is InChI=1S/C32H38N6O2/c1-7-9-14-38-18-21(3)19-39-29-17-26-30(36-32(29)38)31(34-20-33-26)35-24-10-13-28(23(5)15-24)40-25-11-12-27(22(4)16-25)37(6)8-2/h8,10-13,15-17,20-21H,2,7,9,14,18-19H2,1,3-6H3,(H,33,34,35). The van der Waals surface area contributed by atoms with Crippen LogP contribution in [-0.2, 0) is 0 Å². The van der Waals surface area contributed by atoms with E-state index >= 15 is 0 Å². The summed E-state index contributed by atoms with van der Waals surface area (Å²) in [5.41, 5.74) is 5.58. The SMILES string of the molecule is C=CN(C)c1ccc(Oc2ccc(Nc3ncnc4cc5c(nc34)N(CCCC)CC(C)CO5)cc2C)cc1C. The van der Waals surface area contributed by atoms with E-state index in [1.54, 1.807) is 12.5 Å². The largest absolute Gasteiger partial charge is 0.489 e. The topological polar surface area (TPSA) is 75.6 Å². The molecule has 0 amide bonds. The van der Waals surface area contributed by atoms with Gasteiger partial charge in [0.2, 0.25) is 0 Å². The average Bonchev–Trinajstić information content (AvgIpc) is 3.10. The first-order valence-electron chi connectivity index (χ1n) is 13.9. The molecule has 8 nitrogen and oxygen atoms in total. The van der Waals surface area contributed by atoms with Gasteiger partial charge in [0.05, 0.1) is 12.1 Å². The third kappa shape index (κ3) is 5.81. The highest BCUT2D eigenvalue weighted by Crippen LogP contribution is 2.36. The highest BCUT2D eigenvalue weighted by Gasteiger charge is 2.23. The van der Waals surface area contributed by atoms with E-state index < -0.39 is 0 Å². The van der Waals surface area contributed by atoms with Crippen molar-refractivity contribution in [3.8, 4) is 17.2 Å². The minimum atomic E-state index is 0.414. The van der Waals surface area contributed by atoms with Gasteiger partial charge in [0.25, 0.3) is 0 Å². The van der Waals surface area contributed by atoms with E-state index in [0.29, 0.717) is 18.3 Å². The van der Waals surface area contributed by atoms with Gasteiger partial charge in [-0.3, -0.25) is 0 Å². The monoisotopic (exact) mass is 538 g/mol. The fourth-order valence-electron chi connectivity index (χ4n) is 4.97. The molecular weight excluding hydrogens is 500 g/mol. The summed E-state index contributed by atoms with van der Waals surface area (Å²) in [6, 6.07) is 14.1. The number of aromatic nitrogens is 3. The highest BCUT2D eigenvalue weighted by atomic mass is 16.5. The van der Waals surface area contributed by atoms with Gasteiger partial charge in [0.1, 0.15) is 23.3 Å². The summed E-state index contributed by atoms with van der Waals surface area (Å²) >= 11 is 0. The summed E-state index contributed by atoms with van der Waals surface area (Å²) < 4.78 is 12.4. The molecule has 1 aliphatic heterocycles. The molecule has 0 saturated heterocycles. The van der Waals surface area contributed by atoms with Crippen molar-refractivity contribution >= 4 is 34.0 Å². The maximum Gasteiger partial charge on any atom is 0.172 e. The second-order valence-electron chi connectivity index (χ2n) is 10.6. The first-order valence-corrected chi connectivity index (χ1v) is 13.9. The first-order chi connectivity index (χ1) is 19.4. The van der Waals surface area contributed by atoms with Crippen LogP contribution in [-0.4, -0.2) is 41.7 Å². The van der Waals surface area contributed by atoms with E-state index in [-0.39, 0.29) is 0 Å². The molecule has 40 heavy (non-hydrogen) atoms. The summed E-state index contributed by atoms with van der Waals surface area (Å²) in [6.07, 6.45) is 5.59. The fourth-order valence-corrected chi connectivity index (χ4v) is 4.97. The van der Waals surface area contributed by atoms with Crippen molar-refractivity contribution in [2.45, 2.75) is 40.5 Å². The molecule has 0 saturated carbocycles. The molecule has 1 N–H and O–H groups in total. The Morgan fingerprint density at radius 2 is 2.00 bits per heavy atom. The van der Waals surface area contributed by atoms with Crippen molar-refractivity contribution in [3.63, 3.8) is 0 Å². The third-order valence-corrected chi connectivity index (χ3v) is 7.18. The number of hydrogen-bond acceptors (Lipinski definition) is 8. The van der Waals surface area contributed by atoms with Crippen LogP contribution in [0.25, 0.3) is 11.0 Å². The molecule has 3 heterocycles. The Morgan fingerprint density at radius 3 is 2.75 bits per heavy atom. The van der Waals surface area contributed by atoms with Gasteiger partial charge in [0.15, 0.2) is 17.4 Å². The number of ether oxygens (including phenoxy) is 2. The maximum atomic E-state index is 6.23. The molecule has 2 aromatic carbocycles. The van der Waals surface area contributed by atoms with Crippen LogP contribution in [0.3, 0.4) is 0 Å². The van der Waals surface area contributed by atoms with Gasteiger partial charge in [-0.2, -0.15) is 0 Å². The number of unbranched alkanes of at least 4 members (excludes halogenated alkanes) is 1. The van der Waals surface area contributed by atoms with E-state index in [0.717, 1.165) is 82.5 Å². The van der Waals surface area contributed by atoms with Crippen molar-refractivity contribution < 1.29 is 9.47 Å². The van der Waals surface area contributed by atoms with E-state index in [4.69, 9.17) is 14.5 Å². The molecule has 0 fully saturated rings. The van der Waals surface area contributed by atoms with E-state index in [1.165, 1.54) is 0 Å². The van der Waals surface area contributed by atoms with Crippen molar-refractivity contribution in [1.82, 2.24) is 15.0 Å². The molecule has 2 aromatic heterocycles. The zero-order chi connectivity index (χ0) is 28.2. The Morgan fingerprint density at radius 1 is 1.15 bits per heavy atom. The van der Waals surface area contributed by atoms with Gasteiger partial charge in [-0.05, 0) is 74.0 Å². The Kier molecular flexibility index (Phi) is 8.05. The number of nitrogens with one attached hydrogen (secondary N) is 1. The molecule has 4 aromatic rings. The van der Waals surface area contributed by atoms with Crippen LogP contribution in [0.5, 0.6) is 17.2 Å². The van der Waals surface area contributed by atoms with Crippen molar-refractivity contribution in [3.05, 3.63) is 72.7 Å². The number of hydrogen-bond donors (Lipinski definition) is 1. The van der Waals surface area contributed by atoms with E-state index in [2.05, 4.69) is 53.6 Å². The van der Waals surface area contributed by atoms with Gasteiger partial charge < -0.3 is 24.6 Å². The lowest BCUT2D eigenvalue weighted by atomic mass is 10.1. The van der Waals surface area contributed by atoms with Gasteiger partial charge in [-0.1, -0.05) is 26.8 Å². The zero-order valence-electron chi connectivity index (χ0n) is 24.1. The summed E-state index contributed by atoms with van der Waals surface area (Å²) in [7, 11) is 1.98. The molecule has 208 valence electrons. The van der Waals surface area contributed by atoms with Crippen LogP contribution < -0.4 is 24.6 Å². The summed E-state index contributed by atoms with van der Waals surface area (Å²) in [5, 5.41) is 3.46. The molecule has 0 aliphatic carbocycles. The van der Waals surface area contributed by atoms with E-state index in [1.807, 2.05) is 55.3 Å². The molecule has 0 radical (unpaired) electrons. The molecular formula is C32H38N6O2. The number of pyridine rings is 1. The maximum absolute atomic E-state index is 6.23. The molecule has 1 unspecified atom stereocenters. The zero-order valence-corrected chi connectivity index (χ0v) is 24.1. The number of aryl methyl sites for hydroxylation is 2. The first kappa shape index (κ1) is 27.2. The van der Waals surface area contributed by atoms with Crippen LogP contribution in [0.2, 0.25) is 0 Å². The van der Waals surface area contributed by atoms with Crippen LogP contribution in [0.15, 0.2) is 61.6 Å². The summed E-state index contributed by atoms with van der Waals surface area (Å²) in [5.74, 6) is 4.31. The predicted molar refractivity (Wildman–Crippen MR) is 163 cm³/mol. The van der Waals surface area contributed by atoms with Crippen LogP contribution in [0.4, 0.5) is 23.0 Å². The predicted octanol–water partition coefficient (Wildman–Crippen LogP) is 7.39. The smallest absolute Gasteiger partial charge is 0.172 e. The van der Waals surface area contributed by atoms with Gasteiger partial charge >= 0.3 is 0 Å². The fraction of sp³-hybridized carbons (Fsp3) is 0.344. The number of rotatable bonds is 9. The van der Waals surface area contributed by atoms with Crippen molar-refractivity contribution in [2.24, 2.45) is 5.92 Å². The second-order valence-corrected chi connectivity index (χ2v) is 10.6. The quantitative estimate of drug-likeness (QED) is 0.236. The van der Waals surface area contributed by atoms with Gasteiger partial charge in [-0.15, -0.1) is 0 Å². The summed E-state index contributed by atoms with van der Waals surface area (Å²) in [6.45, 7) is 14.9. The van der Waals surface area contributed by atoms with Crippen molar-refractivity contribution in [1.29, 1.82) is 0 Å². The highest BCUT2D eigenvalue weighted by molar-refractivity contribution is 5.90. The summed E-state index contributed by atoms with van der Waals surface area (Å²) in [4.78, 5) is 18.4. The Hall–Kier alpha value is -4.33. The Bertz CT molecular complexity index is 1520. The molecule has 0 spiro atoms. The lowest BCUT2D eigenvalue weighted by molar-refractivity contribution is 0.273. The second kappa shape index (κ2) is 11.8. The molecule has 1 aliphatic rings. The Balaban J connectivity index is 1.40. The molecule has 5 rings (SSSR count). The van der Waals surface area contributed by atoms with Crippen LogP contribution >= 0.6 is 0 Å². The molecule has 0 bridgehead atoms. The molecule has 1 atom stereocenters. The lowest BCUT2D eigenvalue weighted by Gasteiger charge is -2.24. The van der Waals surface area contributed by atoms with Gasteiger partial charge in [0, 0.05) is 43.5 Å².